The van der Waals surface area contributed by atoms with Crippen LogP contribution < -0.4 is 0 Å². The highest BCUT2D eigenvalue weighted by atomic mass is 35.5. The molecule has 0 radical (unpaired) electrons. The molecule has 3 nitrogen and oxygen atoms in total. The van der Waals surface area contributed by atoms with Gasteiger partial charge in [-0.3, -0.25) is 4.68 Å². The largest absolute Gasteiger partial charge is 0.382 e. The molecule has 5 heteroatoms. The molecule has 18 heavy (non-hydrogen) atoms. The van der Waals surface area contributed by atoms with Crippen LogP contribution in [0.3, 0.4) is 0 Å². The van der Waals surface area contributed by atoms with Crippen molar-refractivity contribution in [2.75, 3.05) is 0 Å². The van der Waals surface area contributed by atoms with E-state index in [9.17, 15) is 9.50 Å². The van der Waals surface area contributed by atoms with E-state index < -0.39 is 6.10 Å². The second kappa shape index (κ2) is 5.50. The first-order valence-corrected chi connectivity index (χ1v) is 6.16. The summed E-state index contributed by atoms with van der Waals surface area (Å²) in [4.78, 5) is 0. The molecular formula is C13H14ClFN2O. The van der Waals surface area contributed by atoms with Gasteiger partial charge < -0.3 is 5.11 Å². The molecule has 1 N–H and O–H groups in total. The van der Waals surface area contributed by atoms with Crippen molar-refractivity contribution in [3.63, 3.8) is 0 Å². The number of aliphatic hydroxyl groups excluding tert-OH is 1. The molecule has 0 spiro atoms. The van der Waals surface area contributed by atoms with E-state index in [0.29, 0.717) is 22.8 Å². The van der Waals surface area contributed by atoms with E-state index >= 15 is 0 Å². The summed E-state index contributed by atoms with van der Waals surface area (Å²) in [6, 6.07) is 5.85. The molecule has 1 aromatic carbocycles. The Labute approximate surface area is 110 Å². The van der Waals surface area contributed by atoms with Gasteiger partial charge in [-0.2, -0.15) is 5.10 Å². The minimum atomic E-state index is -0.970. The molecule has 2 aromatic rings. The molecule has 1 aromatic heterocycles. The Morgan fingerprint density at radius 3 is 2.94 bits per heavy atom. The molecule has 0 aliphatic rings. The smallest absolute Gasteiger partial charge is 0.123 e. The summed E-state index contributed by atoms with van der Waals surface area (Å²) in [7, 11) is 0. The molecule has 96 valence electrons. The molecule has 0 saturated heterocycles. The number of hydrogen-bond donors (Lipinski definition) is 1. The van der Waals surface area contributed by atoms with Crippen LogP contribution in [-0.4, -0.2) is 14.9 Å². The standard InChI is InChI=1S/C13H14ClFN2O/c1-2-6-17-12(11(14)8-16-17)13(18)9-4-3-5-10(15)7-9/h3-5,7-8,13,18H,2,6H2,1H3. The number of nitrogens with zero attached hydrogens (tertiary/aromatic N) is 2. The number of halogens is 2. The van der Waals surface area contributed by atoms with Crippen molar-refractivity contribution in [1.82, 2.24) is 9.78 Å². The number of benzene rings is 1. The molecule has 0 fully saturated rings. The molecule has 1 unspecified atom stereocenters. The van der Waals surface area contributed by atoms with Gasteiger partial charge in [0.1, 0.15) is 11.9 Å². The minimum Gasteiger partial charge on any atom is -0.382 e. The number of aryl methyl sites for hydroxylation is 1. The summed E-state index contributed by atoms with van der Waals surface area (Å²) >= 11 is 6.03. The van der Waals surface area contributed by atoms with Crippen molar-refractivity contribution in [2.45, 2.75) is 26.0 Å². The van der Waals surface area contributed by atoms with E-state index in [1.54, 1.807) is 16.8 Å². The Bertz CT molecular complexity index is 542. The van der Waals surface area contributed by atoms with E-state index in [1.807, 2.05) is 6.92 Å². The van der Waals surface area contributed by atoms with Crippen LogP contribution in [0.25, 0.3) is 0 Å². The van der Waals surface area contributed by atoms with Crippen molar-refractivity contribution < 1.29 is 9.50 Å². The maximum absolute atomic E-state index is 13.2. The number of hydrogen-bond acceptors (Lipinski definition) is 2. The van der Waals surface area contributed by atoms with Crippen LogP contribution in [0.5, 0.6) is 0 Å². The Kier molecular flexibility index (Phi) is 3.99. The van der Waals surface area contributed by atoms with Gasteiger partial charge >= 0.3 is 0 Å². The summed E-state index contributed by atoms with van der Waals surface area (Å²) < 4.78 is 14.8. The zero-order chi connectivity index (χ0) is 13.1. The maximum atomic E-state index is 13.2. The third-order valence-electron chi connectivity index (χ3n) is 2.69. The summed E-state index contributed by atoms with van der Waals surface area (Å²) in [6.45, 7) is 2.67. The quantitative estimate of drug-likeness (QED) is 0.925. The number of rotatable bonds is 4. The first kappa shape index (κ1) is 13.1. The minimum absolute atomic E-state index is 0.385. The van der Waals surface area contributed by atoms with Crippen LogP contribution in [0.1, 0.15) is 30.7 Å². The summed E-state index contributed by atoms with van der Waals surface area (Å²) in [6.07, 6.45) is 1.40. The zero-order valence-corrected chi connectivity index (χ0v) is 10.7. The van der Waals surface area contributed by atoms with Crippen LogP contribution in [0, 0.1) is 5.82 Å². The van der Waals surface area contributed by atoms with Crippen molar-refractivity contribution in [3.05, 3.63) is 52.6 Å². The van der Waals surface area contributed by atoms with Crippen LogP contribution in [0.2, 0.25) is 5.02 Å². The molecule has 1 atom stereocenters. The molecule has 0 saturated carbocycles. The topological polar surface area (TPSA) is 38.0 Å². The van der Waals surface area contributed by atoms with E-state index in [2.05, 4.69) is 5.10 Å². The molecule has 0 bridgehead atoms. The Hall–Kier alpha value is -1.39. The zero-order valence-electron chi connectivity index (χ0n) is 9.98. The molecule has 2 rings (SSSR count). The Morgan fingerprint density at radius 1 is 1.50 bits per heavy atom. The van der Waals surface area contributed by atoms with Crippen molar-refractivity contribution in [3.8, 4) is 0 Å². The summed E-state index contributed by atoms with van der Waals surface area (Å²) in [5, 5.41) is 14.8. The van der Waals surface area contributed by atoms with Crippen LogP contribution in [0.15, 0.2) is 30.5 Å². The summed E-state index contributed by atoms with van der Waals surface area (Å²) in [5.74, 6) is -0.385. The third kappa shape index (κ3) is 2.54. The van der Waals surface area contributed by atoms with Gasteiger partial charge in [0.2, 0.25) is 0 Å². The second-order valence-electron chi connectivity index (χ2n) is 4.06. The lowest BCUT2D eigenvalue weighted by Gasteiger charge is -2.14. The van der Waals surface area contributed by atoms with Crippen LogP contribution >= 0.6 is 11.6 Å². The maximum Gasteiger partial charge on any atom is 0.123 e. The lowest BCUT2D eigenvalue weighted by Crippen LogP contribution is -2.10. The van der Waals surface area contributed by atoms with Gasteiger partial charge in [0.25, 0.3) is 0 Å². The average molecular weight is 269 g/mol. The SMILES string of the molecule is CCCn1ncc(Cl)c1C(O)c1cccc(F)c1. The van der Waals surface area contributed by atoms with Gasteiger partial charge in [0, 0.05) is 6.54 Å². The summed E-state index contributed by atoms with van der Waals surface area (Å²) in [5.41, 5.74) is 0.971. The number of aliphatic hydroxyl groups is 1. The van der Waals surface area contributed by atoms with Crippen LogP contribution in [0.4, 0.5) is 4.39 Å². The molecule has 0 aliphatic heterocycles. The highest BCUT2D eigenvalue weighted by Crippen LogP contribution is 2.28. The predicted octanol–water partition coefficient (Wildman–Crippen LogP) is 3.17. The van der Waals surface area contributed by atoms with Crippen molar-refractivity contribution >= 4 is 11.6 Å². The Morgan fingerprint density at radius 2 is 2.28 bits per heavy atom. The first-order valence-electron chi connectivity index (χ1n) is 5.78. The predicted molar refractivity (Wildman–Crippen MR) is 68.0 cm³/mol. The molecule has 0 aliphatic carbocycles. The van der Waals surface area contributed by atoms with Gasteiger partial charge in [0.15, 0.2) is 0 Å². The molecular weight excluding hydrogens is 255 g/mol. The van der Waals surface area contributed by atoms with Gasteiger partial charge in [0.05, 0.1) is 16.9 Å². The molecule has 1 heterocycles. The van der Waals surface area contributed by atoms with Gasteiger partial charge in [-0.05, 0) is 24.1 Å². The highest BCUT2D eigenvalue weighted by Gasteiger charge is 2.19. The molecule has 0 amide bonds. The van der Waals surface area contributed by atoms with E-state index in [4.69, 9.17) is 11.6 Å². The fourth-order valence-electron chi connectivity index (χ4n) is 1.87. The highest BCUT2D eigenvalue weighted by molar-refractivity contribution is 6.31. The fourth-order valence-corrected chi connectivity index (χ4v) is 2.11. The van der Waals surface area contributed by atoms with Crippen molar-refractivity contribution in [2.24, 2.45) is 0 Å². The Balaban J connectivity index is 2.39. The fraction of sp³-hybridized carbons (Fsp3) is 0.308. The van der Waals surface area contributed by atoms with E-state index in [0.717, 1.165) is 6.42 Å². The van der Waals surface area contributed by atoms with E-state index in [-0.39, 0.29) is 5.82 Å². The third-order valence-corrected chi connectivity index (χ3v) is 2.98. The van der Waals surface area contributed by atoms with Gasteiger partial charge in [-0.25, -0.2) is 4.39 Å². The normalized spacial score (nSPS) is 12.7. The first-order chi connectivity index (χ1) is 8.63. The monoisotopic (exact) mass is 268 g/mol. The average Bonchev–Trinajstić information content (AvgIpc) is 2.70. The second-order valence-corrected chi connectivity index (χ2v) is 4.47. The van der Waals surface area contributed by atoms with E-state index in [1.165, 1.54) is 18.3 Å². The van der Waals surface area contributed by atoms with Gasteiger partial charge in [-0.1, -0.05) is 30.7 Å². The van der Waals surface area contributed by atoms with Gasteiger partial charge in [-0.15, -0.1) is 0 Å². The number of aromatic nitrogens is 2. The lowest BCUT2D eigenvalue weighted by atomic mass is 10.1. The van der Waals surface area contributed by atoms with Crippen molar-refractivity contribution in [1.29, 1.82) is 0 Å². The lowest BCUT2D eigenvalue weighted by molar-refractivity contribution is 0.207. The van der Waals surface area contributed by atoms with Crippen LogP contribution in [-0.2, 0) is 6.54 Å².